The molecule has 10 heteroatoms. The molecule has 218 valence electrons. The van der Waals surface area contributed by atoms with Crippen LogP contribution < -0.4 is 9.80 Å². The Kier molecular flexibility index (Phi) is 6.46. The van der Waals surface area contributed by atoms with Gasteiger partial charge in [0.15, 0.2) is 0 Å². The van der Waals surface area contributed by atoms with Crippen molar-refractivity contribution in [2.24, 2.45) is 11.8 Å². The van der Waals surface area contributed by atoms with Crippen LogP contribution in [0, 0.1) is 11.8 Å². The maximum Gasteiger partial charge on any atom is 0.253 e. The highest BCUT2D eigenvalue weighted by Gasteiger charge is 2.73. The first-order valence-corrected chi connectivity index (χ1v) is 15.9. The summed E-state index contributed by atoms with van der Waals surface area (Å²) in [5.74, 6) is -2.96. The summed E-state index contributed by atoms with van der Waals surface area (Å²) in [6.07, 6.45) is 0. The summed E-state index contributed by atoms with van der Waals surface area (Å²) in [5, 5.41) is 3.77. The van der Waals surface area contributed by atoms with Gasteiger partial charge in [0.2, 0.25) is 11.8 Å². The van der Waals surface area contributed by atoms with Crippen LogP contribution in [0.1, 0.15) is 23.2 Å². The molecule has 0 N–H and O–H groups in total. The number of carbonyl (C=O) groups excluding carboxylic acids is 4. The average molecular weight is 712 g/mol. The van der Waals surface area contributed by atoms with Crippen molar-refractivity contribution in [1.29, 1.82) is 0 Å². The van der Waals surface area contributed by atoms with Crippen molar-refractivity contribution in [1.82, 2.24) is 10.0 Å². The van der Waals surface area contributed by atoms with E-state index in [0.717, 1.165) is 20.1 Å². The van der Waals surface area contributed by atoms with E-state index in [1.807, 2.05) is 70.7 Å². The van der Waals surface area contributed by atoms with Gasteiger partial charge in [0.25, 0.3) is 11.8 Å². The quantitative estimate of drug-likeness (QED) is 0.255. The zero-order chi connectivity index (χ0) is 30.3. The molecular weight excluding hydrogens is 688 g/mol. The Labute approximate surface area is 270 Å². The molecule has 6 atom stereocenters. The Bertz CT molecular complexity index is 1690. The maximum atomic E-state index is 14.4. The van der Waals surface area contributed by atoms with Crippen LogP contribution in [0.15, 0.2) is 118 Å². The molecule has 4 aliphatic rings. The Morgan fingerprint density at radius 3 is 1.09 bits per heavy atom. The van der Waals surface area contributed by atoms with Gasteiger partial charge in [0.1, 0.15) is 12.1 Å². The highest BCUT2D eigenvalue weighted by atomic mass is 79.9. The minimum atomic E-state index is -0.902. The predicted molar refractivity (Wildman–Crippen MR) is 170 cm³/mol. The molecule has 4 aromatic rings. The molecule has 0 unspecified atom stereocenters. The number of imide groups is 2. The number of hydrogen-bond donors (Lipinski definition) is 0. The second-order valence-corrected chi connectivity index (χ2v) is 13.2. The van der Waals surface area contributed by atoms with E-state index >= 15 is 0 Å². The summed E-state index contributed by atoms with van der Waals surface area (Å²) < 4.78 is 1.73. The normalized spacial score (nSPS) is 28.1. The molecular formula is C34H24Br2N4O4. The zero-order valence-corrected chi connectivity index (χ0v) is 26.2. The fourth-order valence-electron chi connectivity index (χ4n) is 7.48. The summed E-state index contributed by atoms with van der Waals surface area (Å²) in [6, 6.07) is 29.9. The van der Waals surface area contributed by atoms with Crippen LogP contribution in [0.25, 0.3) is 0 Å². The van der Waals surface area contributed by atoms with Gasteiger partial charge in [0, 0.05) is 8.95 Å². The third-order valence-electron chi connectivity index (χ3n) is 9.18. The van der Waals surface area contributed by atoms with Crippen LogP contribution in [-0.2, 0) is 19.2 Å². The Hall–Kier alpha value is -3.96. The summed E-state index contributed by atoms with van der Waals surface area (Å²) in [4.78, 5) is 60.1. The van der Waals surface area contributed by atoms with Crippen molar-refractivity contribution < 1.29 is 19.2 Å². The van der Waals surface area contributed by atoms with Crippen molar-refractivity contribution in [2.45, 2.75) is 24.2 Å². The Morgan fingerprint density at radius 2 is 0.750 bits per heavy atom. The first kappa shape index (κ1) is 27.6. The second kappa shape index (κ2) is 10.3. The third kappa shape index (κ3) is 3.88. The first-order valence-electron chi connectivity index (χ1n) is 14.3. The summed E-state index contributed by atoms with van der Waals surface area (Å²) >= 11 is 7.02. The SMILES string of the molecule is O=C1[C@H]2[C@@H](c3ccc(Br)cc3)N3[C@H]4C(=O)N(c5ccccc5)C(=O)[C@H]4[C@@H](c4ccc(Br)cc4)N3[C@H]2C(=O)N1c1ccccc1. The molecule has 4 fully saturated rings. The molecule has 0 aromatic heterocycles. The van der Waals surface area contributed by atoms with E-state index < -0.39 is 36.0 Å². The number of nitrogens with zero attached hydrogens (tertiary/aromatic N) is 4. The van der Waals surface area contributed by atoms with E-state index in [4.69, 9.17) is 0 Å². The number of hydrogen-bond acceptors (Lipinski definition) is 6. The van der Waals surface area contributed by atoms with Crippen molar-refractivity contribution in [2.75, 3.05) is 9.80 Å². The van der Waals surface area contributed by atoms with Gasteiger partial charge in [-0.15, -0.1) is 0 Å². The van der Waals surface area contributed by atoms with Gasteiger partial charge >= 0.3 is 0 Å². The maximum absolute atomic E-state index is 14.4. The highest BCUT2D eigenvalue weighted by Crippen LogP contribution is 2.59. The fraction of sp³-hybridized carbons (Fsp3) is 0.176. The number of para-hydroxylation sites is 2. The number of benzene rings is 4. The van der Waals surface area contributed by atoms with E-state index in [1.54, 1.807) is 48.5 Å². The van der Waals surface area contributed by atoms with Crippen LogP contribution in [0.5, 0.6) is 0 Å². The minimum absolute atomic E-state index is 0.323. The third-order valence-corrected chi connectivity index (χ3v) is 10.2. The first-order chi connectivity index (χ1) is 21.4. The topological polar surface area (TPSA) is 81.2 Å². The summed E-state index contributed by atoms with van der Waals surface area (Å²) in [6.45, 7) is 0. The Balaban J connectivity index is 1.34. The lowest BCUT2D eigenvalue weighted by atomic mass is 9.84. The van der Waals surface area contributed by atoms with Gasteiger partial charge in [-0.3, -0.25) is 19.2 Å². The molecule has 4 saturated heterocycles. The van der Waals surface area contributed by atoms with E-state index in [0.29, 0.717) is 11.4 Å². The number of rotatable bonds is 4. The van der Waals surface area contributed by atoms with Gasteiger partial charge in [-0.05, 0) is 59.7 Å². The van der Waals surface area contributed by atoms with Crippen molar-refractivity contribution >= 4 is 66.9 Å². The van der Waals surface area contributed by atoms with E-state index in [2.05, 4.69) is 31.9 Å². The average Bonchev–Trinajstić information content (AvgIpc) is 3.70. The van der Waals surface area contributed by atoms with Crippen molar-refractivity contribution in [3.05, 3.63) is 129 Å². The number of amides is 4. The molecule has 4 amide bonds. The number of hydrazine groups is 1. The number of carbonyl (C=O) groups is 4. The molecule has 0 aliphatic carbocycles. The second-order valence-electron chi connectivity index (χ2n) is 11.4. The number of anilines is 2. The van der Waals surface area contributed by atoms with Gasteiger partial charge in [-0.2, -0.15) is 0 Å². The van der Waals surface area contributed by atoms with Gasteiger partial charge in [0.05, 0.1) is 35.3 Å². The van der Waals surface area contributed by atoms with Crippen LogP contribution >= 0.6 is 31.9 Å². The molecule has 4 aromatic carbocycles. The molecule has 44 heavy (non-hydrogen) atoms. The van der Waals surface area contributed by atoms with Gasteiger partial charge in [-0.25, -0.2) is 19.8 Å². The Morgan fingerprint density at radius 1 is 0.409 bits per heavy atom. The molecule has 0 saturated carbocycles. The van der Waals surface area contributed by atoms with Crippen LogP contribution in [-0.4, -0.2) is 45.7 Å². The van der Waals surface area contributed by atoms with Crippen LogP contribution in [0.4, 0.5) is 11.4 Å². The van der Waals surface area contributed by atoms with E-state index in [1.165, 1.54) is 9.80 Å². The molecule has 8 nitrogen and oxygen atoms in total. The molecule has 0 bridgehead atoms. The van der Waals surface area contributed by atoms with Crippen molar-refractivity contribution in [3.8, 4) is 0 Å². The van der Waals surface area contributed by atoms with E-state index in [9.17, 15) is 19.2 Å². The van der Waals surface area contributed by atoms with Crippen molar-refractivity contribution in [3.63, 3.8) is 0 Å². The lowest BCUT2D eigenvalue weighted by Gasteiger charge is -2.35. The molecule has 8 rings (SSSR count). The van der Waals surface area contributed by atoms with Gasteiger partial charge in [-0.1, -0.05) is 92.5 Å². The predicted octanol–water partition coefficient (Wildman–Crippen LogP) is 5.66. The lowest BCUT2D eigenvalue weighted by molar-refractivity contribution is -0.136. The smallest absolute Gasteiger partial charge is 0.253 e. The van der Waals surface area contributed by atoms with Crippen LogP contribution in [0.2, 0.25) is 0 Å². The number of fused-ring (bicyclic) bond motifs is 5. The molecule has 0 radical (unpaired) electrons. The monoisotopic (exact) mass is 710 g/mol. The standard InChI is InChI=1S/C34H24Br2N4O4/c35-21-15-11-19(12-16-21)27-25-29(33(43)37(31(25)41)23-7-3-1-4-8-23)39-28(20-13-17-22(36)18-14-20)26-30(40(27)39)34(44)38(32(26)42)24-9-5-2-6-10-24/h1-18,25-30H/t25-,26-,27+,28+,29+,30+/m0/s1. The molecule has 4 aliphatic heterocycles. The highest BCUT2D eigenvalue weighted by molar-refractivity contribution is 9.10. The fourth-order valence-corrected chi connectivity index (χ4v) is 8.01. The zero-order valence-electron chi connectivity index (χ0n) is 23.0. The van der Waals surface area contributed by atoms with Gasteiger partial charge < -0.3 is 0 Å². The van der Waals surface area contributed by atoms with E-state index in [-0.39, 0.29) is 23.6 Å². The molecule has 4 heterocycles. The summed E-state index contributed by atoms with van der Waals surface area (Å²) in [5.41, 5.74) is 2.57. The largest absolute Gasteiger partial charge is 0.274 e. The summed E-state index contributed by atoms with van der Waals surface area (Å²) in [7, 11) is 0. The minimum Gasteiger partial charge on any atom is -0.274 e. The lowest BCUT2D eigenvalue weighted by Crippen LogP contribution is -2.50. The van der Waals surface area contributed by atoms with Crippen LogP contribution in [0.3, 0.4) is 0 Å². The number of halogens is 2. The molecule has 0 spiro atoms.